The molecule has 2 rings (SSSR count). The van der Waals surface area contributed by atoms with Crippen molar-refractivity contribution in [1.82, 2.24) is 4.31 Å². The molecule has 1 heterocycles. The molecule has 0 saturated carbocycles. The van der Waals surface area contributed by atoms with Crippen molar-refractivity contribution in [3.05, 3.63) is 35.9 Å². The summed E-state index contributed by atoms with van der Waals surface area (Å²) in [5, 5.41) is -0.361. The molecule has 1 aromatic carbocycles. The average Bonchev–Trinajstić information content (AvgIpc) is 2.28. The Labute approximate surface area is 104 Å². The fraction of sp³-hybridized carbons (Fsp3) is 0.538. The Morgan fingerprint density at radius 1 is 1.24 bits per heavy atom. The Hall–Kier alpha value is -0.870. The summed E-state index contributed by atoms with van der Waals surface area (Å²) in [5.74, 6) is 0. The molecule has 1 atom stereocenters. The normalized spacial score (nSPS) is 25.0. The summed E-state index contributed by atoms with van der Waals surface area (Å²) in [6.07, 6.45) is 1.67. The van der Waals surface area contributed by atoms with E-state index in [-0.39, 0.29) is 11.3 Å². The van der Waals surface area contributed by atoms with Crippen molar-refractivity contribution >= 4 is 10.0 Å². The van der Waals surface area contributed by atoms with E-state index < -0.39 is 10.0 Å². The molecule has 0 N–H and O–H groups in total. The topological polar surface area (TPSA) is 37.4 Å². The van der Waals surface area contributed by atoms with Crippen molar-refractivity contribution in [2.75, 3.05) is 6.54 Å². The number of benzene rings is 1. The van der Waals surface area contributed by atoms with E-state index in [0.29, 0.717) is 6.54 Å². The van der Waals surface area contributed by atoms with E-state index in [4.69, 9.17) is 0 Å². The highest BCUT2D eigenvalue weighted by Crippen LogP contribution is 2.35. The third kappa shape index (κ3) is 2.38. The molecule has 1 aliphatic rings. The summed E-state index contributed by atoms with van der Waals surface area (Å²) in [4.78, 5) is 0. The van der Waals surface area contributed by atoms with Crippen LogP contribution in [0.1, 0.15) is 37.5 Å². The van der Waals surface area contributed by atoms with Gasteiger partial charge in [-0.05, 0) is 32.3 Å². The van der Waals surface area contributed by atoms with Crippen molar-refractivity contribution in [3.8, 4) is 0 Å². The van der Waals surface area contributed by atoms with Crippen molar-refractivity contribution in [3.63, 3.8) is 0 Å². The van der Waals surface area contributed by atoms with Crippen LogP contribution in [0.4, 0.5) is 0 Å². The van der Waals surface area contributed by atoms with Gasteiger partial charge in [0.1, 0.15) is 5.25 Å². The molecule has 17 heavy (non-hydrogen) atoms. The Morgan fingerprint density at radius 3 is 2.47 bits per heavy atom. The molecule has 0 amide bonds. The molecular weight excluding hydrogens is 234 g/mol. The van der Waals surface area contributed by atoms with Gasteiger partial charge in [0.05, 0.1) is 0 Å². The van der Waals surface area contributed by atoms with Crippen LogP contribution >= 0.6 is 0 Å². The zero-order valence-corrected chi connectivity index (χ0v) is 11.2. The first kappa shape index (κ1) is 12.6. The lowest BCUT2D eigenvalue weighted by atomic mass is 10.1. The van der Waals surface area contributed by atoms with E-state index in [1.54, 1.807) is 4.31 Å². The van der Waals surface area contributed by atoms with Gasteiger partial charge in [-0.3, -0.25) is 0 Å². The lowest BCUT2D eigenvalue weighted by Crippen LogP contribution is -2.43. The fourth-order valence-corrected chi connectivity index (χ4v) is 4.69. The SMILES string of the molecule is CC(C)N1CCCC(c2ccccc2)S1(=O)=O. The van der Waals surface area contributed by atoms with E-state index in [0.717, 1.165) is 18.4 Å². The van der Waals surface area contributed by atoms with Gasteiger partial charge in [-0.1, -0.05) is 30.3 Å². The van der Waals surface area contributed by atoms with Gasteiger partial charge >= 0.3 is 0 Å². The average molecular weight is 253 g/mol. The quantitative estimate of drug-likeness (QED) is 0.812. The summed E-state index contributed by atoms with van der Waals surface area (Å²) in [7, 11) is -3.18. The van der Waals surface area contributed by atoms with Gasteiger partial charge in [-0.15, -0.1) is 0 Å². The zero-order chi connectivity index (χ0) is 12.5. The summed E-state index contributed by atoms with van der Waals surface area (Å²) < 4.78 is 26.6. The Kier molecular flexibility index (Phi) is 3.54. The van der Waals surface area contributed by atoms with Crippen molar-refractivity contribution < 1.29 is 8.42 Å². The molecule has 1 aromatic rings. The summed E-state index contributed by atoms with van der Waals surface area (Å²) in [6.45, 7) is 4.53. The number of hydrogen-bond acceptors (Lipinski definition) is 2. The van der Waals surface area contributed by atoms with Crippen LogP contribution in [0.25, 0.3) is 0 Å². The van der Waals surface area contributed by atoms with Crippen LogP contribution in [-0.4, -0.2) is 25.3 Å². The van der Waals surface area contributed by atoms with Crippen molar-refractivity contribution in [1.29, 1.82) is 0 Å². The Bertz CT molecular complexity index is 467. The highest BCUT2D eigenvalue weighted by Gasteiger charge is 2.37. The molecule has 1 unspecified atom stereocenters. The number of nitrogens with zero attached hydrogens (tertiary/aromatic N) is 1. The van der Waals surface area contributed by atoms with Gasteiger partial charge < -0.3 is 0 Å². The maximum atomic E-state index is 12.5. The molecule has 1 aliphatic heterocycles. The van der Waals surface area contributed by atoms with Gasteiger partial charge in [0.25, 0.3) is 0 Å². The van der Waals surface area contributed by atoms with Crippen LogP contribution in [0.15, 0.2) is 30.3 Å². The number of hydrogen-bond donors (Lipinski definition) is 0. The second-order valence-corrected chi connectivity index (χ2v) is 6.86. The van der Waals surface area contributed by atoms with E-state index in [9.17, 15) is 8.42 Å². The number of rotatable bonds is 2. The molecule has 1 fully saturated rings. The van der Waals surface area contributed by atoms with Crippen LogP contribution in [0.5, 0.6) is 0 Å². The molecule has 3 nitrogen and oxygen atoms in total. The minimum atomic E-state index is -3.18. The zero-order valence-electron chi connectivity index (χ0n) is 10.3. The standard InChI is InChI=1S/C13H19NO2S/c1-11(2)14-10-6-9-13(17(14,15)16)12-7-4-3-5-8-12/h3-5,7-8,11,13H,6,9-10H2,1-2H3. The van der Waals surface area contributed by atoms with E-state index in [1.807, 2.05) is 44.2 Å². The van der Waals surface area contributed by atoms with Gasteiger partial charge in [0, 0.05) is 12.6 Å². The minimum Gasteiger partial charge on any atom is -0.212 e. The van der Waals surface area contributed by atoms with Crippen LogP contribution in [0.2, 0.25) is 0 Å². The monoisotopic (exact) mass is 253 g/mol. The van der Waals surface area contributed by atoms with Gasteiger partial charge in [-0.25, -0.2) is 8.42 Å². The highest BCUT2D eigenvalue weighted by atomic mass is 32.2. The van der Waals surface area contributed by atoms with Gasteiger partial charge in [-0.2, -0.15) is 4.31 Å². The summed E-state index contributed by atoms with van der Waals surface area (Å²) in [6, 6.07) is 9.58. The van der Waals surface area contributed by atoms with Crippen LogP contribution in [0, 0.1) is 0 Å². The minimum absolute atomic E-state index is 0.0477. The second-order valence-electron chi connectivity index (χ2n) is 4.79. The van der Waals surface area contributed by atoms with E-state index in [1.165, 1.54) is 0 Å². The largest absolute Gasteiger partial charge is 0.221 e. The summed E-state index contributed by atoms with van der Waals surface area (Å²) in [5.41, 5.74) is 0.915. The van der Waals surface area contributed by atoms with Gasteiger partial charge in [0.15, 0.2) is 0 Å². The predicted molar refractivity (Wildman–Crippen MR) is 69.2 cm³/mol. The lowest BCUT2D eigenvalue weighted by molar-refractivity contribution is 0.318. The first-order valence-electron chi connectivity index (χ1n) is 6.09. The van der Waals surface area contributed by atoms with Gasteiger partial charge in [0.2, 0.25) is 10.0 Å². The molecular formula is C13H19NO2S. The first-order chi connectivity index (χ1) is 8.03. The molecule has 4 heteroatoms. The van der Waals surface area contributed by atoms with Crippen molar-refractivity contribution in [2.45, 2.75) is 38.0 Å². The predicted octanol–water partition coefficient (Wildman–Crippen LogP) is 2.56. The Balaban J connectivity index is 2.36. The highest BCUT2D eigenvalue weighted by molar-refractivity contribution is 7.89. The van der Waals surface area contributed by atoms with Crippen LogP contribution < -0.4 is 0 Å². The fourth-order valence-electron chi connectivity index (χ4n) is 2.43. The van der Waals surface area contributed by atoms with Crippen LogP contribution in [0.3, 0.4) is 0 Å². The maximum Gasteiger partial charge on any atom is 0.221 e. The molecule has 0 aliphatic carbocycles. The third-order valence-electron chi connectivity index (χ3n) is 3.28. The second kappa shape index (κ2) is 4.78. The van der Waals surface area contributed by atoms with Crippen LogP contribution in [-0.2, 0) is 10.0 Å². The molecule has 0 spiro atoms. The lowest BCUT2D eigenvalue weighted by Gasteiger charge is -2.35. The smallest absolute Gasteiger partial charge is 0.212 e. The Morgan fingerprint density at radius 2 is 1.88 bits per heavy atom. The van der Waals surface area contributed by atoms with E-state index in [2.05, 4.69) is 0 Å². The summed E-state index contributed by atoms with van der Waals surface area (Å²) >= 11 is 0. The molecule has 1 saturated heterocycles. The number of sulfonamides is 1. The van der Waals surface area contributed by atoms with E-state index >= 15 is 0 Å². The maximum absolute atomic E-state index is 12.5. The molecule has 94 valence electrons. The molecule has 0 aromatic heterocycles. The van der Waals surface area contributed by atoms with Crippen molar-refractivity contribution in [2.24, 2.45) is 0 Å². The molecule has 0 radical (unpaired) electrons. The first-order valence-corrected chi connectivity index (χ1v) is 7.59. The third-order valence-corrected chi connectivity index (χ3v) is 5.76. The molecule has 0 bridgehead atoms.